The van der Waals surface area contributed by atoms with E-state index in [0.29, 0.717) is 29.4 Å². The van der Waals surface area contributed by atoms with E-state index in [1.165, 1.54) is 5.56 Å². The number of benzene rings is 2. The van der Waals surface area contributed by atoms with E-state index in [2.05, 4.69) is 10.6 Å². The van der Waals surface area contributed by atoms with Crippen LogP contribution in [0.5, 0.6) is 11.5 Å². The number of nitrogens with one attached hydrogen (secondary N) is 2. The van der Waals surface area contributed by atoms with Crippen molar-refractivity contribution >= 4 is 23.3 Å². The highest BCUT2D eigenvalue weighted by Crippen LogP contribution is 2.26. The number of amides is 3. The van der Waals surface area contributed by atoms with E-state index in [1.54, 1.807) is 44.2 Å². The fourth-order valence-electron chi connectivity index (χ4n) is 3.08. The fourth-order valence-corrected chi connectivity index (χ4v) is 3.08. The second kappa shape index (κ2) is 7.99. The summed E-state index contributed by atoms with van der Waals surface area (Å²) in [6, 6.07) is 10.6. The first-order chi connectivity index (χ1) is 13.0. The molecule has 0 bridgehead atoms. The lowest BCUT2D eigenvalue weighted by atomic mass is 9.99. The maximum atomic E-state index is 12.4. The Morgan fingerprint density at radius 2 is 1.59 bits per heavy atom. The summed E-state index contributed by atoms with van der Waals surface area (Å²) in [6.45, 7) is 2.87. The van der Waals surface area contributed by atoms with Gasteiger partial charge in [0.2, 0.25) is 5.91 Å². The van der Waals surface area contributed by atoms with E-state index in [9.17, 15) is 9.59 Å². The molecule has 0 saturated heterocycles. The van der Waals surface area contributed by atoms with Gasteiger partial charge < -0.3 is 25.0 Å². The van der Waals surface area contributed by atoms with Gasteiger partial charge >= 0.3 is 6.03 Å². The van der Waals surface area contributed by atoms with E-state index in [1.807, 2.05) is 18.2 Å². The van der Waals surface area contributed by atoms with Gasteiger partial charge in [0.05, 0.1) is 14.2 Å². The molecule has 0 unspecified atom stereocenters. The van der Waals surface area contributed by atoms with Crippen LogP contribution in [0, 0.1) is 0 Å². The third kappa shape index (κ3) is 4.49. The van der Waals surface area contributed by atoms with E-state index in [0.717, 1.165) is 18.5 Å². The van der Waals surface area contributed by atoms with Crippen molar-refractivity contribution in [3.63, 3.8) is 0 Å². The molecule has 2 aromatic rings. The van der Waals surface area contributed by atoms with E-state index < -0.39 is 0 Å². The minimum atomic E-state index is -0.371. The van der Waals surface area contributed by atoms with E-state index >= 15 is 0 Å². The lowest BCUT2D eigenvalue weighted by Crippen LogP contribution is -2.34. The molecule has 0 fully saturated rings. The number of carbonyl (C=O) groups is 2. The van der Waals surface area contributed by atoms with Crippen LogP contribution in [0.1, 0.15) is 18.1 Å². The SMILES string of the molecule is COc1cc(NC(=O)Nc2ccc3c(c2)CN(C(C)=O)CC3)cc(OC)c1. The Hall–Kier alpha value is -3.22. The number of hydrogen-bond donors (Lipinski definition) is 2. The van der Waals surface area contributed by atoms with Crippen molar-refractivity contribution in [3.05, 3.63) is 47.5 Å². The molecule has 7 nitrogen and oxygen atoms in total. The number of carbonyl (C=O) groups excluding carboxylic acids is 2. The van der Waals surface area contributed by atoms with Crippen LogP contribution in [0.15, 0.2) is 36.4 Å². The molecule has 0 aliphatic carbocycles. The van der Waals surface area contributed by atoms with Gasteiger partial charge in [-0.05, 0) is 29.7 Å². The predicted molar refractivity (Wildman–Crippen MR) is 103 cm³/mol. The summed E-state index contributed by atoms with van der Waals surface area (Å²) >= 11 is 0. The number of fused-ring (bicyclic) bond motifs is 1. The van der Waals surface area contributed by atoms with E-state index in [4.69, 9.17) is 9.47 Å². The Bertz CT molecular complexity index is 844. The summed E-state index contributed by atoms with van der Waals surface area (Å²) in [4.78, 5) is 25.8. The van der Waals surface area contributed by atoms with Crippen LogP contribution in [0.4, 0.5) is 16.2 Å². The Morgan fingerprint density at radius 1 is 0.926 bits per heavy atom. The van der Waals surface area contributed by atoms with Crippen LogP contribution < -0.4 is 20.1 Å². The summed E-state index contributed by atoms with van der Waals surface area (Å²) in [6.07, 6.45) is 0.824. The number of ether oxygens (including phenoxy) is 2. The van der Waals surface area contributed by atoms with Crippen molar-refractivity contribution in [2.75, 3.05) is 31.4 Å². The first kappa shape index (κ1) is 18.6. The predicted octanol–water partition coefficient (Wildman–Crippen LogP) is 3.25. The summed E-state index contributed by atoms with van der Waals surface area (Å²) < 4.78 is 10.4. The van der Waals surface area contributed by atoms with Crippen LogP contribution in [0.2, 0.25) is 0 Å². The maximum absolute atomic E-state index is 12.4. The number of anilines is 2. The largest absolute Gasteiger partial charge is 0.497 e. The Labute approximate surface area is 158 Å². The Balaban J connectivity index is 1.70. The first-order valence-electron chi connectivity index (χ1n) is 8.67. The lowest BCUT2D eigenvalue weighted by molar-refractivity contribution is -0.129. The molecule has 0 saturated carbocycles. The Kier molecular flexibility index (Phi) is 5.49. The van der Waals surface area contributed by atoms with Crippen molar-refractivity contribution in [2.45, 2.75) is 19.9 Å². The fraction of sp³-hybridized carbons (Fsp3) is 0.300. The van der Waals surface area contributed by atoms with Gasteiger partial charge in [0.1, 0.15) is 11.5 Å². The molecule has 0 aromatic heterocycles. The number of methoxy groups -OCH3 is 2. The van der Waals surface area contributed by atoms with Crippen LogP contribution in [0.3, 0.4) is 0 Å². The van der Waals surface area contributed by atoms with Gasteiger partial charge in [0.25, 0.3) is 0 Å². The molecular formula is C20H23N3O4. The van der Waals surface area contributed by atoms with Crippen LogP contribution >= 0.6 is 0 Å². The molecular weight excluding hydrogens is 346 g/mol. The van der Waals surface area contributed by atoms with Crippen molar-refractivity contribution in [1.82, 2.24) is 4.90 Å². The third-order valence-electron chi connectivity index (χ3n) is 4.53. The average molecular weight is 369 g/mol. The van der Waals surface area contributed by atoms with Crippen LogP contribution in [0.25, 0.3) is 0 Å². The topological polar surface area (TPSA) is 79.9 Å². The molecule has 7 heteroatoms. The number of nitrogens with zero attached hydrogens (tertiary/aromatic N) is 1. The van der Waals surface area contributed by atoms with Gasteiger partial charge in [0.15, 0.2) is 0 Å². The highest BCUT2D eigenvalue weighted by Gasteiger charge is 2.18. The first-order valence-corrected chi connectivity index (χ1v) is 8.67. The second-order valence-electron chi connectivity index (χ2n) is 6.35. The molecule has 27 heavy (non-hydrogen) atoms. The van der Waals surface area contributed by atoms with Crippen LogP contribution in [-0.4, -0.2) is 37.6 Å². The van der Waals surface area contributed by atoms with E-state index in [-0.39, 0.29) is 11.9 Å². The molecule has 1 aliphatic rings. The number of hydrogen-bond acceptors (Lipinski definition) is 4. The molecule has 1 heterocycles. The van der Waals surface area contributed by atoms with Crippen molar-refractivity contribution < 1.29 is 19.1 Å². The minimum absolute atomic E-state index is 0.0590. The monoisotopic (exact) mass is 369 g/mol. The zero-order chi connectivity index (χ0) is 19.4. The number of urea groups is 1. The Morgan fingerprint density at radius 3 is 2.22 bits per heavy atom. The second-order valence-corrected chi connectivity index (χ2v) is 6.35. The van der Waals surface area contributed by atoms with Gasteiger partial charge in [-0.2, -0.15) is 0 Å². The molecule has 0 radical (unpaired) electrons. The standard InChI is InChI=1S/C20H23N3O4/c1-13(24)23-7-6-14-4-5-16(8-15(14)12-23)21-20(25)22-17-9-18(26-2)11-19(10-17)27-3/h4-5,8-11H,6-7,12H2,1-3H3,(H2,21,22,25). The molecule has 0 atom stereocenters. The van der Waals surface area contributed by atoms with Gasteiger partial charge in [-0.25, -0.2) is 4.79 Å². The molecule has 2 N–H and O–H groups in total. The molecule has 2 aromatic carbocycles. The van der Waals surface area contributed by atoms with Crippen molar-refractivity contribution in [1.29, 1.82) is 0 Å². The normalized spacial score (nSPS) is 12.8. The molecule has 1 aliphatic heterocycles. The maximum Gasteiger partial charge on any atom is 0.323 e. The molecule has 0 spiro atoms. The highest BCUT2D eigenvalue weighted by molar-refractivity contribution is 6.00. The zero-order valence-electron chi connectivity index (χ0n) is 15.7. The molecule has 3 rings (SSSR count). The molecule has 3 amide bonds. The van der Waals surface area contributed by atoms with Gasteiger partial charge in [-0.1, -0.05) is 6.07 Å². The van der Waals surface area contributed by atoms with Gasteiger partial charge in [-0.15, -0.1) is 0 Å². The number of rotatable bonds is 4. The van der Waals surface area contributed by atoms with Crippen molar-refractivity contribution in [2.24, 2.45) is 0 Å². The summed E-state index contributed by atoms with van der Waals surface area (Å²) in [5, 5.41) is 5.60. The third-order valence-corrected chi connectivity index (χ3v) is 4.53. The smallest absolute Gasteiger partial charge is 0.323 e. The highest BCUT2D eigenvalue weighted by atomic mass is 16.5. The van der Waals surface area contributed by atoms with Crippen LogP contribution in [-0.2, 0) is 17.8 Å². The lowest BCUT2D eigenvalue weighted by Gasteiger charge is -2.28. The average Bonchev–Trinajstić information content (AvgIpc) is 2.66. The van der Waals surface area contributed by atoms with Crippen molar-refractivity contribution in [3.8, 4) is 11.5 Å². The summed E-state index contributed by atoms with van der Waals surface area (Å²) in [5.74, 6) is 1.23. The zero-order valence-corrected chi connectivity index (χ0v) is 15.7. The quantitative estimate of drug-likeness (QED) is 0.867. The van der Waals surface area contributed by atoms with Gasteiger partial charge in [-0.3, -0.25) is 4.79 Å². The minimum Gasteiger partial charge on any atom is -0.497 e. The summed E-state index contributed by atoms with van der Waals surface area (Å²) in [7, 11) is 3.10. The van der Waals surface area contributed by atoms with Gasteiger partial charge in [0, 0.05) is 49.6 Å². The molecule has 142 valence electrons. The summed E-state index contributed by atoms with van der Waals surface area (Å²) in [5.41, 5.74) is 3.49.